The number of likely N-dealkylation sites (N-methyl/N-ethyl adjacent to an activating group) is 1. The first-order valence-electron chi connectivity index (χ1n) is 9.51. The van der Waals surface area contributed by atoms with Gasteiger partial charge in [0, 0.05) is 25.9 Å². The largest absolute Gasteiger partial charge is 0.497 e. The van der Waals surface area contributed by atoms with Crippen LogP contribution in [0.4, 0.5) is 4.79 Å². The van der Waals surface area contributed by atoms with Gasteiger partial charge in [-0.25, -0.2) is 4.79 Å². The number of ether oxygens (including phenoxy) is 4. The van der Waals surface area contributed by atoms with Crippen molar-refractivity contribution in [3.63, 3.8) is 0 Å². The Balaban J connectivity index is 1.47. The van der Waals surface area contributed by atoms with Gasteiger partial charge in [0.2, 0.25) is 0 Å². The molecular formula is C21H26N2O6. The van der Waals surface area contributed by atoms with Gasteiger partial charge in [-0.1, -0.05) is 24.3 Å². The van der Waals surface area contributed by atoms with Crippen LogP contribution in [-0.2, 0) is 19.0 Å². The minimum Gasteiger partial charge on any atom is -0.497 e. The summed E-state index contributed by atoms with van der Waals surface area (Å²) in [5, 5.41) is 7.22. The Morgan fingerprint density at radius 3 is 2.69 bits per heavy atom. The van der Waals surface area contributed by atoms with Crippen LogP contribution in [0.25, 0.3) is 10.8 Å². The molecule has 1 fully saturated rings. The maximum absolute atomic E-state index is 11.5. The van der Waals surface area contributed by atoms with E-state index in [1.165, 1.54) is 12.6 Å². The van der Waals surface area contributed by atoms with Gasteiger partial charge in [0.25, 0.3) is 5.91 Å². The standard InChI is InChI=1S/C21H26N2O6/c1-22-19(24)13-29-21(25)23-9-8-20-27-11-15(12-28-20)17-5-3-4-14-10-16(26-2)6-7-18(14)17/h3-7,10,15,20H,8-9,11-13H2,1-2H3,(H,22,24)(H,23,25)/t15-,20-. The molecule has 0 saturated carbocycles. The molecule has 29 heavy (non-hydrogen) atoms. The van der Waals surface area contributed by atoms with Crippen molar-refractivity contribution < 1.29 is 28.5 Å². The third kappa shape index (κ3) is 5.58. The van der Waals surface area contributed by atoms with Gasteiger partial charge >= 0.3 is 6.09 Å². The lowest BCUT2D eigenvalue weighted by Crippen LogP contribution is -2.35. The normalized spacial score (nSPS) is 18.8. The molecule has 0 spiro atoms. The summed E-state index contributed by atoms with van der Waals surface area (Å²) in [5.74, 6) is 0.595. The van der Waals surface area contributed by atoms with Gasteiger partial charge in [0.1, 0.15) is 5.75 Å². The first-order valence-corrected chi connectivity index (χ1v) is 9.51. The van der Waals surface area contributed by atoms with Crippen LogP contribution >= 0.6 is 0 Å². The van der Waals surface area contributed by atoms with Crippen LogP contribution in [0, 0.1) is 0 Å². The molecule has 156 valence electrons. The van der Waals surface area contributed by atoms with E-state index in [0.29, 0.717) is 26.2 Å². The maximum atomic E-state index is 11.5. The number of carbonyl (C=O) groups is 2. The smallest absolute Gasteiger partial charge is 0.407 e. The Morgan fingerprint density at radius 2 is 1.97 bits per heavy atom. The number of methoxy groups -OCH3 is 1. The molecule has 1 heterocycles. The fourth-order valence-corrected chi connectivity index (χ4v) is 3.21. The Kier molecular flexibility index (Phi) is 7.26. The molecule has 8 heteroatoms. The fraction of sp³-hybridized carbons (Fsp3) is 0.429. The van der Waals surface area contributed by atoms with E-state index in [1.54, 1.807) is 7.11 Å². The Labute approximate surface area is 169 Å². The van der Waals surface area contributed by atoms with Crippen molar-refractivity contribution >= 4 is 22.8 Å². The fourth-order valence-electron chi connectivity index (χ4n) is 3.21. The summed E-state index contributed by atoms with van der Waals surface area (Å²) in [6.45, 7) is 1.10. The maximum Gasteiger partial charge on any atom is 0.407 e. The summed E-state index contributed by atoms with van der Waals surface area (Å²) in [6, 6.07) is 12.2. The van der Waals surface area contributed by atoms with E-state index in [-0.39, 0.29) is 24.7 Å². The molecule has 1 aliphatic rings. The summed E-state index contributed by atoms with van der Waals surface area (Å²) in [6.07, 6.45) is -0.539. The van der Waals surface area contributed by atoms with Crippen LogP contribution in [0.5, 0.6) is 5.75 Å². The number of amides is 2. The zero-order valence-electron chi connectivity index (χ0n) is 16.6. The molecule has 8 nitrogen and oxygen atoms in total. The molecule has 0 aliphatic carbocycles. The highest BCUT2D eigenvalue weighted by Gasteiger charge is 2.24. The van der Waals surface area contributed by atoms with Gasteiger partial charge in [-0.05, 0) is 28.5 Å². The van der Waals surface area contributed by atoms with Crippen LogP contribution in [0.2, 0.25) is 0 Å². The van der Waals surface area contributed by atoms with Crippen molar-refractivity contribution in [2.45, 2.75) is 18.6 Å². The molecule has 2 aromatic rings. The molecule has 0 unspecified atom stereocenters. The molecule has 0 radical (unpaired) electrons. The summed E-state index contributed by atoms with van der Waals surface area (Å²) >= 11 is 0. The summed E-state index contributed by atoms with van der Waals surface area (Å²) in [4.78, 5) is 22.5. The number of carbonyl (C=O) groups excluding carboxylic acids is 2. The molecule has 2 aromatic carbocycles. The Bertz CT molecular complexity index is 848. The first-order chi connectivity index (χ1) is 14.1. The van der Waals surface area contributed by atoms with Crippen molar-refractivity contribution in [1.29, 1.82) is 0 Å². The van der Waals surface area contributed by atoms with Crippen LogP contribution < -0.4 is 15.4 Å². The highest BCUT2D eigenvalue weighted by Crippen LogP contribution is 2.31. The van der Waals surface area contributed by atoms with Gasteiger partial charge in [-0.15, -0.1) is 0 Å². The first kappa shape index (κ1) is 20.9. The lowest BCUT2D eigenvalue weighted by molar-refractivity contribution is -0.188. The minimum absolute atomic E-state index is 0.133. The summed E-state index contributed by atoms with van der Waals surface area (Å²) < 4.78 is 21.7. The summed E-state index contributed by atoms with van der Waals surface area (Å²) in [7, 11) is 3.13. The van der Waals surface area contributed by atoms with E-state index in [0.717, 1.165) is 16.5 Å². The molecular weight excluding hydrogens is 376 g/mol. The van der Waals surface area contributed by atoms with Gasteiger partial charge in [-0.3, -0.25) is 4.79 Å². The van der Waals surface area contributed by atoms with Crippen LogP contribution in [-0.4, -0.2) is 58.8 Å². The number of nitrogens with one attached hydrogen (secondary N) is 2. The second-order valence-corrected chi connectivity index (χ2v) is 6.69. The third-order valence-electron chi connectivity index (χ3n) is 4.79. The molecule has 2 N–H and O–H groups in total. The molecule has 3 rings (SSSR count). The zero-order chi connectivity index (χ0) is 20.6. The molecule has 0 bridgehead atoms. The monoisotopic (exact) mass is 402 g/mol. The second kappa shape index (κ2) is 10.1. The lowest BCUT2D eigenvalue weighted by atomic mass is 9.94. The number of alkyl carbamates (subject to hydrolysis) is 1. The van der Waals surface area contributed by atoms with Crippen LogP contribution in [0.15, 0.2) is 36.4 Å². The van der Waals surface area contributed by atoms with E-state index < -0.39 is 6.09 Å². The van der Waals surface area contributed by atoms with Gasteiger partial charge in [0.05, 0.1) is 20.3 Å². The van der Waals surface area contributed by atoms with E-state index in [2.05, 4.69) is 28.8 Å². The Hall–Kier alpha value is -2.84. The van der Waals surface area contributed by atoms with Crippen molar-refractivity contribution in [2.24, 2.45) is 0 Å². The highest BCUT2D eigenvalue weighted by molar-refractivity contribution is 5.87. The van der Waals surface area contributed by atoms with Crippen molar-refractivity contribution in [1.82, 2.24) is 10.6 Å². The van der Waals surface area contributed by atoms with E-state index in [1.807, 2.05) is 18.2 Å². The van der Waals surface area contributed by atoms with Gasteiger partial charge in [-0.2, -0.15) is 0 Å². The quantitative estimate of drug-likeness (QED) is 0.737. The Morgan fingerprint density at radius 1 is 1.17 bits per heavy atom. The number of fused-ring (bicyclic) bond motifs is 1. The van der Waals surface area contributed by atoms with Crippen LogP contribution in [0.3, 0.4) is 0 Å². The minimum atomic E-state index is -0.645. The number of benzene rings is 2. The SMILES string of the molecule is CNC(=O)COC(=O)NCC[C@H]1OC[C@H](c2cccc3cc(OC)ccc32)CO1. The van der Waals surface area contributed by atoms with Crippen LogP contribution in [0.1, 0.15) is 17.9 Å². The van der Waals surface area contributed by atoms with Crippen molar-refractivity contribution in [3.8, 4) is 5.75 Å². The van der Waals surface area contributed by atoms with E-state index in [9.17, 15) is 9.59 Å². The molecule has 0 atom stereocenters. The average molecular weight is 402 g/mol. The van der Waals surface area contributed by atoms with E-state index >= 15 is 0 Å². The lowest BCUT2D eigenvalue weighted by Gasteiger charge is -2.30. The average Bonchev–Trinajstić information content (AvgIpc) is 2.77. The van der Waals surface area contributed by atoms with Crippen molar-refractivity contribution in [2.75, 3.05) is 40.5 Å². The predicted molar refractivity (Wildman–Crippen MR) is 107 cm³/mol. The summed E-state index contributed by atoms with van der Waals surface area (Å²) in [5.41, 5.74) is 1.18. The molecule has 2 amide bonds. The van der Waals surface area contributed by atoms with Gasteiger partial charge in [0.15, 0.2) is 12.9 Å². The number of hydrogen-bond acceptors (Lipinski definition) is 6. The van der Waals surface area contributed by atoms with Crippen molar-refractivity contribution in [3.05, 3.63) is 42.0 Å². The number of hydrogen-bond donors (Lipinski definition) is 2. The highest BCUT2D eigenvalue weighted by atomic mass is 16.7. The topological polar surface area (TPSA) is 95.1 Å². The molecule has 1 aliphatic heterocycles. The predicted octanol–water partition coefficient (Wildman–Crippen LogP) is 2.17. The van der Waals surface area contributed by atoms with Gasteiger partial charge < -0.3 is 29.6 Å². The molecule has 0 aromatic heterocycles. The third-order valence-corrected chi connectivity index (χ3v) is 4.79. The zero-order valence-corrected chi connectivity index (χ0v) is 16.6. The van der Waals surface area contributed by atoms with E-state index in [4.69, 9.17) is 18.9 Å². The molecule has 1 saturated heterocycles. The number of rotatable bonds is 7. The second-order valence-electron chi connectivity index (χ2n) is 6.69.